The first-order valence-electron chi connectivity index (χ1n) is 6.71. The third-order valence-corrected chi connectivity index (χ3v) is 3.82. The zero-order valence-electron chi connectivity index (χ0n) is 11.1. The second-order valence-corrected chi connectivity index (χ2v) is 5.05. The van der Waals surface area contributed by atoms with Crippen molar-refractivity contribution in [3.05, 3.63) is 33.9 Å². The van der Waals surface area contributed by atoms with Crippen LogP contribution in [0.1, 0.15) is 31.2 Å². The maximum Gasteiger partial charge on any atom is 0.292 e. The van der Waals surface area contributed by atoms with Gasteiger partial charge in [-0.1, -0.05) is 6.42 Å². The molecule has 0 radical (unpaired) electrons. The van der Waals surface area contributed by atoms with Crippen molar-refractivity contribution < 1.29 is 10.0 Å². The molecule has 1 aromatic rings. The average Bonchev–Trinajstić information content (AvgIpc) is 2.86. The van der Waals surface area contributed by atoms with Crippen molar-refractivity contribution in [1.29, 1.82) is 5.26 Å². The number of hydrogen-bond acceptors (Lipinski definition) is 5. The molecule has 20 heavy (non-hydrogen) atoms. The number of nitrogens with zero attached hydrogens (tertiary/aromatic N) is 2. The Hall–Kier alpha value is -2.13. The number of anilines is 1. The van der Waals surface area contributed by atoms with E-state index in [1.54, 1.807) is 0 Å². The first kappa shape index (κ1) is 14.3. The lowest BCUT2D eigenvalue weighted by Gasteiger charge is -2.21. The highest BCUT2D eigenvalue weighted by molar-refractivity contribution is 5.64. The van der Waals surface area contributed by atoms with E-state index in [2.05, 4.69) is 5.32 Å². The van der Waals surface area contributed by atoms with E-state index >= 15 is 0 Å². The highest BCUT2D eigenvalue weighted by atomic mass is 16.6. The molecular weight excluding hydrogens is 258 g/mol. The quantitative estimate of drug-likeness (QED) is 0.635. The largest absolute Gasteiger partial charge is 0.396 e. The summed E-state index contributed by atoms with van der Waals surface area (Å²) in [5.41, 5.74) is 0.775. The highest BCUT2D eigenvalue weighted by Gasteiger charge is 2.28. The first-order valence-corrected chi connectivity index (χ1v) is 6.71. The Balaban J connectivity index is 2.23. The lowest BCUT2D eigenvalue weighted by atomic mass is 9.99. The van der Waals surface area contributed by atoms with Gasteiger partial charge in [-0.15, -0.1) is 0 Å². The van der Waals surface area contributed by atoms with Crippen LogP contribution in [0, 0.1) is 27.4 Å². The van der Waals surface area contributed by atoms with Crippen LogP contribution >= 0.6 is 0 Å². The van der Waals surface area contributed by atoms with Crippen LogP contribution in [-0.2, 0) is 0 Å². The molecule has 1 aromatic carbocycles. The predicted octanol–water partition coefficient (Wildman–Crippen LogP) is 2.43. The molecule has 0 aliphatic heterocycles. The number of nitriles is 1. The van der Waals surface area contributed by atoms with Crippen LogP contribution in [0.3, 0.4) is 0 Å². The summed E-state index contributed by atoms with van der Waals surface area (Å²) in [5, 5.41) is 32.2. The summed E-state index contributed by atoms with van der Waals surface area (Å²) < 4.78 is 0. The van der Waals surface area contributed by atoms with Gasteiger partial charge in [0.1, 0.15) is 5.69 Å². The normalized spacial score (nSPS) is 21.4. The monoisotopic (exact) mass is 275 g/mol. The van der Waals surface area contributed by atoms with Gasteiger partial charge in [0.15, 0.2) is 0 Å². The zero-order valence-corrected chi connectivity index (χ0v) is 11.1. The van der Waals surface area contributed by atoms with Gasteiger partial charge in [0.25, 0.3) is 5.69 Å². The molecule has 1 aliphatic rings. The number of rotatable bonds is 5. The summed E-state index contributed by atoms with van der Waals surface area (Å²) in [6.45, 7) is 0.128. The van der Waals surface area contributed by atoms with Gasteiger partial charge >= 0.3 is 0 Å². The number of aliphatic hydroxyl groups is 1. The first-order chi connectivity index (χ1) is 9.65. The molecule has 1 fully saturated rings. The third-order valence-electron chi connectivity index (χ3n) is 3.82. The van der Waals surface area contributed by atoms with Crippen molar-refractivity contribution in [1.82, 2.24) is 0 Å². The summed E-state index contributed by atoms with van der Waals surface area (Å²) in [5.74, 6) is 0.324. The molecule has 1 saturated carbocycles. The number of nitro benzene ring substituents is 1. The van der Waals surface area contributed by atoms with Crippen LogP contribution in [-0.4, -0.2) is 22.7 Å². The van der Waals surface area contributed by atoms with Crippen LogP contribution in [0.4, 0.5) is 11.4 Å². The fourth-order valence-corrected chi connectivity index (χ4v) is 2.82. The van der Waals surface area contributed by atoms with E-state index in [9.17, 15) is 10.1 Å². The predicted molar refractivity (Wildman–Crippen MR) is 74.3 cm³/mol. The minimum atomic E-state index is -0.445. The Morgan fingerprint density at radius 1 is 1.50 bits per heavy atom. The Labute approximate surface area is 117 Å². The molecule has 2 rings (SSSR count). The van der Waals surface area contributed by atoms with Gasteiger partial charge in [-0.2, -0.15) is 5.26 Å². The van der Waals surface area contributed by atoms with Gasteiger partial charge in [-0.25, -0.2) is 0 Å². The van der Waals surface area contributed by atoms with Crippen LogP contribution in [0.15, 0.2) is 18.2 Å². The Morgan fingerprint density at radius 3 is 2.95 bits per heavy atom. The van der Waals surface area contributed by atoms with Crippen molar-refractivity contribution in [3.8, 4) is 6.07 Å². The minimum absolute atomic E-state index is 0.0151. The van der Waals surface area contributed by atoms with E-state index in [1.165, 1.54) is 18.2 Å². The molecule has 0 spiro atoms. The maximum absolute atomic E-state index is 11.0. The molecule has 2 unspecified atom stereocenters. The highest BCUT2D eigenvalue weighted by Crippen LogP contribution is 2.34. The molecular formula is C14H17N3O3. The van der Waals surface area contributed by atoms with Crippen LogP contribution in [0.2, 0.25) is 0 Å². The maximum atomic E-state index is 11.0. The summed E-state index contributed by atoms with van der Waals surface area (Å²) >= 11 is 0. The molecule has 0 heterocycles. The summed E-state index contributed by atoms with van der Waals surface area (Å²) in [7, 11) is 0. The van der Waals surface area contributed by atoms with Crippen molar-refractivity contribution in [2.45, 2.75) is 31.7 Å². The number of nitro groups is 1. The van der Waals surface area contributed by atoms with Crippen LogP contribution < -0.4 is 5.32 Å². The Bertz CT molecular complexity index is 539. The lowest BCUT2D eigenvalue weighted by Crippen LogP contribution is -2.25. The molecule has 6 nitrogen and oxygen atoms in total. The molecule has 0 aromatic heterocycles. The molecule has 0 saturated heterocycles. The molecule has 0 bridgehead atoms. The Kier molecular flexibility index (Phi) is 4.53. The van der Waals surface area contributed by atoms with Gasteiger partial charge in [-0.05, 0) is 37.3 Å². The second-order valence-electron chi connectivity index (χ2n) is 5.05. The Morgan fingerprint density at radius 2 is 2.30 bits per heavy atom. The molecule has 2 N–H and O–H groups in total. The van der Waals surface area contributed by atoms with Crippen LogP contribution in [0.5, 0.6) is 0 Å². The smallest absolute Gasteiger partial charge is 0.292 e. The molecule has 1 aliphatic carbocycles. The second kappa shape index (κ2) is 6.35. The van der Waals surface area contributed by atoms with Crippen LogP contribution in [0.25, 0.3) is 0 Å². The van der Waals surface area contributed by atoms with Crippen molar-refractivity contribution >= 4 is 11.4 Å². The van der Waals surface area contributed by atoms with E-state index in [1.807, 2.05) is 6.07 Å². The van der Waals surface area contributed by atoms with Gasteiger partial charge in [0.05, 0.1) is 16.6 Å². The van der Waals surface area contributed by atoms with Gasteiger partial charge in [0.2, 0.25) is 0 Å². The fraction of sp³-hybridized carbons (Fsp3) is 0.500. The third kappa shape index (κ3) is 3.06. The topological polar surface area (TPSA) is 99.2 Å². The fourth-order valence-electron chi connectivity index (χ4n) is 2.82. The SMILES string of the molecule is N#Cc1ccc([N+](=O)[O-])c(NC2CCCC2CCO)c1. The van der Waals surface area contributed by atoms with Gasteiger partial charge < -0.3 is 10.4 Å². The lowest BCUT2D eigenvalue weighted by molar-refractivity contribution is -0.384. The van der Waals surface area contributed by atoms with E-state index in [0.29, 0.717) is 23.6 Å². The summed E-state index contributed by atoms with van der Waals surface area (Å²) in [4.78, 5) is 10.6. The van der Waals surface area contributed by atoms with Crippen molar-refractivity contribution in [2.75, 3.05) is 11.9 Å². The number of hydrogen-bond donors (Lipinski definition) is 2. The van der Waals surface area contributed by atoms with Gasteiger partial charge in [-0.3, -0.25) is 10.1 Å². The molecule has 6 heteroatoms. The molecule has 2 atom stereocenters. The van der Waals surface area contributed by atoms with Crippen molar-refractivity contribution in [3.63, 3.8) is 0 Å². The number of nitrogens with one attached hydrogen (secondary N) is 1. The average molecular weight is 275 g/mol. The van der Waals surface area contributed by atoms with E-state index in [4.69, 9.17) is 10.4 Å². The minimum Gasteiger partial charge on any atom is -0.396 e. The summed E-state index contributed by atoms with van der Waals surface area (Å²) in [6.07, 6.45) is 3.69. The molecule has 106 valence electrons. The number of benzene rings is 1. The standard InChI is InChI=1S/C14H17N3O3/c15-9-10-4-5-14(17(19)20)13(8-10)16-12-3-1-2-11(12)6-7-18/h4-5,8,11-12,16,18H,1-3,6-7H2. The number of aliphatic hydroxyl groups excluding tert-OH is 1. The van der Waals surface area contributed by atoms with E-state index in [0.717, 1.165) is 19.3 Å². The van der Waals surface area contributed by atoms with Crippen molar-refractivity contribution in [2.24, 2.45) is 5.92 Å². The van der Waals surface area contributed by atoms with E-state index < -0.39 is 4.92 Å². The summed E-state index contributed by atoms with van der Waals surface area (Å²) in [6, 6.07) is 6.44. The molecule has 0 amide bonds. The zero-order chi connectivity index (χ0) is 14.5. The van der Waals surface area contributed by atoms with Gasteiger partial charge in [0, 0.05) is 18.7 Å². The van der Waals surface area contributed by atoms with E-state index in [-0.39, 0.29) is 18.3 Å².